The molecule has 2 nitrogen and oxygen atoms in total. The van der Waals surface area contributed by atoms with Gasteiger partial charge < -0.3 is 0 Å². The van der Waals surface area contributed by atoms with Gasteiger partial charge in [-0.15, -0.1) is 0 Å². The number of hydrogen-bond acceptors (Lipinski definition) is 2. The minimum Gasteiger partial charge on any atom is -0.264 e. The smallest absolute Gasteiger partial charge is 0.0375 e. The van der Waals surface area contributed by atoms with Crippen molar-refractivity contribution in [3.05, 3.63) is 416 Å². The van der Waals surface area contributed by atoms with Crippen LogP contribution in [0.2, 0.25) is 0 Å². The van der Waals surface area contributed by atoms with Gasteiger partial charge in [0.25, 0.3) is 0 Å². The van der Waals surface area contributed by atoms with E-state index in [4.69, 9.17) is 0 Å². The van der Waals surface area contributed by atoms with E-state index in [0.717, 1.165) is 5.69 Å². The van der Waals surface area contributed by atoms with Crippen LogP contribution in [0.3, 0.4) is 0 Å². The van der Waals surface area contributed by atoms with Crippen molar-refractivity contribution >= 4 is 97.0 Å². The number of fused-ring (bicyclic) bond motifs is 11. The van der Waals surface area contributed by atoms with Gasteiger partial charge >= 0.3 is 0 Å². The topological polar surface area (TPSA) is 25.8 Å². The molecular weight excluding hydrogens is 1580 g/mol. The van der Waals surface area contributed by atoms with Crippen LogP contribution in [0.1, 0.15) is 258 Å². The Bertz CT molecular complexity index is 5860. The summed E-state index contributed by atoms with van der Waals surface area (Å²) < 4.78 is 0. The van der Waals surface area contributed by atoms with E-state index in [9.17, 15) is 0 Å². The van der Waals surface area contributed by atoms with E-state index in [0.29, 0.717) is 0 Å². The van der Waals surface area contributed by atoms with E-state index in [-0.39, 0.29) is 0 Å². The Balaban J connectivity index is 0. The van der Waals surface area contributed by atoms with Crippen LogP contribution >= 0.6 is 0 Å². The molecule has 0 aliphatic carbocycles. The molecule has 0 fully saturated rings. The number of pyridine rings is 2. The maximum absolute atomic E-state index is 4.04. The lowest BCUT2D eigenvalue weighted by Crippen LogP contribution is -1.84. The molecule has 0 saturated heterocycles. The van der Waals surface area contributed by atoms with Crippen molar-refractivity contribution in [1.82, 2.24) is 9.97 Å². The van der Waals surface area contributed by atoms with Gasteiger partial charge in [0.15, 0.2) is 0 Å². The zero-order valence-electron chi connectivity index (χ0n) is 89.8. The number of aryl methyl sites for hydroxylation is 19. The molecule has 0 unspecified atom stereocenters. The maximum Gasteiger partial charge on any atom is 0.0375 e. The van der Waals surface area contributed by atoms with Gasteiger partial charge in [-0.05, 0) is 296 Å². The third kappa shape index (κ3) is 41.9. The molecular formula is C129H174N2. The first kappa shape index (κ1) is 121. The third-order valence-electron chi connectivity index (χ3n) is 20.1. The van der Waals surface area contributed by atoms with Crippen LogP contribution in [-0.2, 0) is 0 Å². The Morgan fingerprint density at radius 3 is 0.763 bits per heavy atom. The van der Waals surface area contributed by atoms with Crippen molar-refractivity contribution in [2.45, 2.75) is 284 Å². The fraction of sp³-hybridized carbons (Fsp3) is 0.318. The second-order valence-electron chi connectivity index (χ2n) is 30.0. The molecule has 18 aromatic rings. The highest BCUT2D eigenvalue weighted by molar-refractivity contribution is 6.09. The largest absolute Gasteiger partial charge is 0.264 e. The fourth-order valence-corrected chi connectivity index (χ4v) is 13.9. The van der Waals surface area contributed by atoms with Crippen LogP contribution in [0.25, 0.3) is 97.0 Å². The van der Waals surface area contributed by atoms with Crippen LogP contribution < -0.4 is 0 Å². The van der Waals surface area contributed by atoms with Gasteiger partial charge in [0.1, 0.15) is 0 Å². The monoisotopic (exact) mass is 1750 g/mol. The quantitative estimate of drug-likeness (QED) is 0.141. The number of nitrogens with zero attached hydrogens (tertiary/aromatic N) is 2. The van der Waals surface area contributed by atoms with Gasteiger partial charge in [0.2, 0.25) is 0 Å². The molecule has 16 aromatic carbocycles. The molecule has 2 heteroatoms. The molecule has 0 radical (unpaired) electrons. The molecule has 0 saturated carbocycles. The predicted octanol–water partition coefficient (Wildman–Crippen LogP) is 41.5. The summed E-state index contributed by atoms with van der Waals surface area (Å²) in [5.41, 5.74) is 25.0. The molecule has 0 amide bonds. The normalized spacial score (nSPS) is 9.26. The predicted molar refractivity (Wildman–Crippen MR) is 606 cm³/mol. The van der Waals surface area contributed by atoms with E-state index in [2.05, 4.69) is 406 Å². The highest BCUT2D eigenvalue weighted by atomic mass is 14.6. The van der Waals surface area contributed by atoms with Crippen LogP contribution in [-0.4, -0.2) is 9.97 Å². The molecule has 2 heterocycles. The molecule has 2 aromatic heterocycles. The summed E-state index contributed by atoms with van der Waals surface area (Å²) in [7, 11) is 0. The minimum absolute atomic E-state index is 1.09. The first-order chi connectivity index (χ1) is 63.3. The molecule has 18 rings (SSSR count). The summed E-state index contributed by atoms with van der Waals surface area (Å²) in [6.07, 6.45) is 5.53. The van der Waals surface area contributed by atoms with Gasteiger partial charge in [-0.1, -0.05) is 476 Å². The Labute approximate surface area is 801 Å². The van der Waals surface area contributed by atoms with Crippen molar-refractivity contribution in [1.29, 1.82) is 0 Å². The molecule has 0 N–H and O–H groups in total. The van der Waals surface area contributed by atoms with Gasteiger partial charge in [0.05, 0.1) is 0 Å². The maximum atomic E-state index is 4.04. The Hall–Kier alpha value is -11.8. The molecule has 131 heavy (non-hydrogen) atoms. The number of hydrogen-bond donors (Lipinski definition) is 0. The summed E-state index contributed by atoms with van der Waals surface area (Å²) in [6, 6.07) is 105. The van der Waals surface area contributed by atoms with Crippen molar-refractivity contribution in [2.75, 3.05) is 0 Å². The Morgan fingerprint density at radius 2 is 0.405 bits per heavy atom. The summed E-state index contributed by atoms with van der Waals surface area (Å²) in [6.45, 7) is 84.3. The highest BCUT2D eigenvalue weighted by Crippen LogP contribution is 2.31. The van der Waals surface area contributed by atoms with E-state index >= 15 is 0 Å². The lowest BCUT2D eigenvalue weighted by molar-refractivity contribution is 1.18. The summed E-state index contributed by atoms with van der Waals surface area (Å²) in [5, 5.41) is 24.2. The minimum atomic E-state index is 1.09. The zero-order valence-corrected chi connectivity index (χ0v) is 89.8. The van der Waals surface area contributed by atoms with Crippen LogP contribution in [0.15, 0.2) is 310 Å². The molecule has 0 spiro atoms. The van der Waals surface area contributed by atoms with Gasteiger partial charge in [-0.2, -0.15) is 0 Å². The van der Waals surface area contributed by atoms with Crippen LogP contribution in [0.5, 0.6) is 0 Å². The van der Waals surface area contributed by atoms with E-state index in [1.54, 1.807) is 0 Å². The Kier molecular flexibility index (Phi) is 64.8. The van der Waals surface area contributed by atoms with Crippen LogP contribution in [0.4, 0.5) is 0 Å². The lowest BCUT2D eigenvalue weighted by Gasteiger charge is -2.08. The van der Waals surface area contributed by atoms with Gasteiger partial charge in [0, 0.05) is 24.3 Å². The van der Waals surface area contributed by atoms with Gasteiger partial charge in [-0.25, -0.2) is 0 Å². The second-order valence-corrected chi connectivity index (χ2v) is 30.0. The summed E-state index contributed by atoms with van der Waals surface area (Å²) >= 11 is 0. The van der Waals surface area contributed by atoms with E-state index < -0.39 is 0 Å². The van der Waals surface area contributed by atoms with Gasteiger partial charge in [-0.3, -0.25) is 9.97 Å². The lowest BCUT2D eigenvalue weighted by atomic mass is 9.97. The standard InChI is InChI=1S/C17H16.C16H14.5C12H12.2C7H9N.11C2H6/c1-11-4-5-14-6-7-15-9-12(2)13(3)10-17(15)16(14)8-11;1-11-3-7-15-13(9-11)5-6-14-10-12(2)4-8-16(14)15;1-9-3-5-12-8-10(2)4-6-11(12)7-9;1-9-3-5-11-6-4-10(2)8-12(11)7-9;1-9-5-3-7-11-8-4-6-10(2)12(9)11;1-9-6-7-11-5-3-4-10(2)12(11)8-9;1-9-7-11-5-3-4-6-12(11)8-10(9)2;1-6-3-7(2)5-8-4-6;1-6-3-4-8-7(2)5-6;11*1-2/h4-10H,1-3H3;3-10H,1-2H3;5*3-8H,1-2H3;2*3-5H,1-2H3;11*1-2H3. The number of aromatic nitrogens is 2. The molecule has 700 valence electrons. The van der Waals surface area contributed by atoms with Crippen molar-refractivity contribution in [3.8, 4) is 0 Å². The van der Waals surface area contributed by atoms with Crippen LogP contribution in [0, 0.1) is 132 Å². The fourth-order valence-electron chi connectivity index (χ4n) is 13.9. The Morgan fingerprint density at radius 1 is 0.145 bits per heavy atom. The summed E-state index contributed by atoms with van der Waals surface area (Å²) in [5.74, 6) is 0. The summed E-state index contributed by atoms with van der Waals surface area (Å²) in [4.78, 5) is 8.02. The number of benzene rings is 16. The molecule has 0 atom stereocenters. The first-order valence-corrected chi connectivity index (χ1v) is 49.2. The molecule has 0 bridgehead atoms. The van der Waals surface area contributed by atoms with E-state index in [1.807, 2.05) is 198 Å². The first-order valence-electron chi connectivity index (χ1n) is 49.2. The third-order valence-corrected chi connectivity index (χ3v) is 20.1. The van der Waals surface area contributed by atoms with Crippen molar-refractivity contribution in [2.24, 2.45) is 0 Å². The van der Waals surface area contributed by atoms with E-state index in [1.165, 1.54) is 197 Å². The van der Waals surface area contributed by atoms with Crippen molar-refractivity contribution < 1.29 is 0 Å². The average Bonchev–Trinajstić information content (AvgIpc) is 0.777. The zero-order chi connectivity index (χ0) is 99.8. The second kappa shape index (κ2) is 70.1. The van der Waals surface area contributed by atoms with Crippen molar-refractivity contribution in [3.63, 3.8) is 0 Å². The molecule has 0 aliphatic rings. The number of rotatable bonds is 0. The molecule has 0 aliphatic heterocycles. The highest BCUT2D eigenvalue weighted by Gasteiger charge is 2.06. The SMILES string of the molecule is CC.CC.CC.CC.CC.CC.CC.CC.CC.CC.CC.Cc1cc2ccccc2cc1C.Cc1ccc2c(ccc3cc(C)ccc32)c1.Cc1ccc2cc(C)ccc2c1.Cc1ccc2ccc(C)cc2c1.Cc1ccc2ccc3cc(C)c(C)cc3c2c1.Cc1ccc2cccc(C)c2c1.Cc1cccc2cccc(C)c12.Cc1ccnc(C)c1.Cc1cncc(C)c1. The average molecular weight is 1750 g/mol.